The standard InChI is InChI=1S/C32H42N4O7/c1-31(2,3)43-30(41)35-12-8-20(9-13-35)19-34-14-10-32(11-15-34)17-22(18-32)42-21-4-5-23-24(16-21)29(40)36(28(23)39)25-6-7-26(37)33-27(25)38/h4-5,16,20,22,25H,6-15,17-19H2,1-3H3,(H,33,37,38). The Balaban J connectivity index is 0.951. The second kappa shape index (κ2) is 11.2. The van der Waals surface area contributed by atoms with Crippen molar-refractivity contribution in [3.63, 3.8) is 0 Å². The average molecular weight is 595 g/mol. The fourth-order valence-corrected chi connectivity index (χ4v) is 7.31. The highest BCUT2D eigenvalue weighted by Gasteiger charge is 2.48. The molecule has 43 heavy (non-hydrogen) atoms. The molecule has 0 radical (unpaired) electrons. The summed E-state index contributed by atoms with van der Waals surface area (Å²) in [4.78, 5) is 67.7. The van der Waals surface area contributed by atoms with E-state index in [1.807, 2.05) is 25.7 Å². The normalized spacial score (nSPS) is 25.0. The van der Waals surface area contributed by atoms with Gasteiger partial charge in [0.25, 0.3) is 11.8 Å². The van der Waals surface area contributed by atoms with Crippen molar-refractivity contribution in [1.29, 1.82) is 0 Å². The van der Waals surface area contributed by atoms with E-state index in [4.69, 9.17) is 9.47 Å². The maximum atomic E-state index is 13.1. The van der Waals surface area contributed by atoms with Gasteiger partial charge in [0.05, 0.1) is 17.2 Å². The third-order valence-corrected chi connectivity index (χ3v) is 9.73. The molecule has 5 amide bonds. The lowest BCUT2D eigenvalue weighted by molar-refractivity contribution is -0.136. The van der Waals surface area contributed by atoms with Gasteiger partial charge >= 0.3 is 6.09 Å². The first-order valence-electron chi connectivity index (χ1n) is 15.6. The van der Waals surface area contributed by atoms with E-state index >= 15 is 0 Å². The third kappa shape index (κ3) is 6.14. The number of nitrogens with zero attached hydrogens (tertiary/aromatic N) is 3. The number of fused-ring (bicyclic) bond motifs is 1. The van der Waals surface area contributed by atoms with Gasteiger partial charge in [-0.05, 0) is 108 Å². The molecule has 1 N–H and O–H groups in total. The Morgan fingerprint density at radius 3 is 2.28 bits per heavy atom. The number of ether oxygens (including phenoxy) is 2. The first kappa shape index (κ1) is 29.6. The maximum absolute atomic E-state index is 13.1. The molecule has 11 nitrogen and oxygen atoms in total. The van der Waals surface area contributed by atoms with E-state index in [2.05, 4.69) is 10.2 Å². The average Bonchev–Trinajstić information content (AvgIpc) is 3.17. The molecule has 232 valence electrons. The fourth-order valence-electron chi connectivity index (χ4n) is 7.31. The Labute approximate surface area is 252 Å². The highest BCUT2D eigenvalue weighted by molar-refractivity contribution is 6.23. The minimum Gasteiger partial charge on any atom is -0.490 e. The van der Waals surface area contributed by atoms with E-state index in [9.17, 15) is 24.0 Å². The van der Waals surface area contributed by atoms with E-state index < -0.39 is 35.3 Å². The molecule has 5 aliphatic rings. The van der Waals surface area contributed by atoms with Gasteiger partial charge in [-0.25, -0.2) is 4.79 Å². The lowest BCUT2D eigenvalue weighted by atomic mass is 9.61. The summed E-state index contributed by atoms with van der Waals surface area (Å²) >= 11 is 0. The lowest BCUT2D eigenvalue weighted by Gasteiger charge is -2.52. The zero-order chi connectivity index (χ0) is 30.5. The van der Waals surface area contributed by atoms with E-state index in [0.29, 0.717) is 17.1 Å². The van der Waals surface area contributed by atoms with Crippen LogP contribution in [0.1, 0.15) is 92.9 Å². The highest BCUT2D eigenvalue weighted by Crippen LogP contribution is 2.50. The Hall–Kier alpha value is -3.47. The van der Waals surface area contributed by atoms with Crippen LogP contribution < -0.4 is 10.1 Å². The van der Waals surface area contributed by atoms with Gasteiger partial charge in [0.2, 0.25) is 11.8 Å². The molecule has 1 aromatic carbocycles. The monoisotopic (exact) mass is 594 g/mol. The molecular weight excluding hydrogens is 552 g/mol. The van der Waals surface area contributed by atoms with Crippen molar-refractivity contribution in [2.45, 2.75) is 89.9 Å². The Morgan fingerprint density at radius 1 is 0.953 bits per heavy atom. The molecule has 1 saturated carbocycles. The molecule has 1 aliphatic carbocycles. The zero-order valence-corrected chi connectivity index (χ0v) is 25.4. The number of piperidine rings is 3. The molecule has 4 fully saturated rings. The Bertz CT molecular complexity index is 1310. The molecule has 4 aliphatic heterocycles. The van der Waals surface area contributed by atoms with Crippen LogP contribution in [0.2, 0.25) is 0 Å². The Kier molecular flexibility index (Phi) is 7.73. The number of nitrogens with one attached hydrogen (secondary N) is 1. The summed E-state index contributed by atoms with van der Waals surface area (Å²) in [6.45, 7) is 10.4. The molecule has 1 spiro atoms. The SMILES string of the molecule is CC(C)(C)OC(=O)N1CCC(CN2CCC3(CC2)CC(Oc2ccc4c(c2)C(=O)N(C2CCC(=O)NC2=O)C4=O)C3)CC1. The van der Waals surface area contributed by atoms with E-state index in [-0.39, 0.29) is 36.2 Å². The van der Waals surface area contributed by atoms with Crippen LogP contribution in [0.4, 0.5) is 4.79 Å². The van der Waals surface area contributed by atoms with E-state index in [1.54, 1.807) is 18.2 Å². The van der Waals surface area contributed by atoms with E-state index in [0.717, 1.165) is 76.1 Å². The largest absolute Gasteiger partial charge is 0.490 e. The van der Waals surface area contributed by atoms with Crippen molar-refractivity contribution in [1.82, 2.24) is 20.0 Å². The van der Waals surface area contributed by atoms with Gasteiger partial charge in [0.15, 0.2) is 0 Å². The quantitative estimate of drug-likeness (QED) is 0.515. The summed E-state index contributed by atoms with van der Waals surface area (Å²) in [6.07, 6.45) is 6.34. The van der Waals surface area contributed by atoms with Crippen molar-refractivity contribution < 1.29 is 33.4 Å². The molecule has 0 bridgehead atoms. The van der Waals surface area contributed by atoms with Gasteiger partial charge in [0.1, 0.15) is 17.4 Å². The number of rotatable bonds is 5. The number of amides is 5. The summed E-state index contributed by atoms with van der Waals surface area (Å²) in [5.74, 6) is -0.881. The zero-order valence-electron chi connectivity index (χ0n) is 25.4. The predicted molar refractivity (Wildman–Crippen MR) is 155 cm³/mol. The lowest BCUT2D eigenvalue weighted by Crippen LogP contribution is -2.54. The number of benzene rings is 1. The van der Waals surface area contributed by atoms with Crippen LogP contribution in [0.3, 0.4) is 0 Å². The van der Waals surface area contributed by atoms with Crippen LogP contribution in [0, 0.1) is 11.3 Å². The minimum absolute atomic E-state index is 0.0697. The Morgan fingerprint density at radius 2 is 1.63 bits per heavy atom. The second-order valence-corrected chi connectivity index (χ2v) is 14.0. The van der Waals surface area contributed by atoms with Crippen molar-refractivity contribution in [3.8, 4) is 5.75 Å². The summed E-state index contributed by atoms with van der Waals surface area (Å²) in [5.41, 5.74) is 0.332. The van der Waals surface area contributed by atoms with Crippen LogP contribution >= 0.6 is 0 Å². The van der Waals surface area contributed by atoms with Gasteiger partial charge in [-0.2, -0.15) is 0 Å². The summed E-state index contributed by atoms with van der Waals surface area (Å²) in [6, 6.07) is 3.96. The van der Waals surface area contributed by atoms with Crippen molar-refractivity contribution >= 4 is 29.7 Å². The van der Waals surface area contributed by atoms with E-state index in [1.165, 1.54) is 0 Å². The summed E-state index contributed by atoms with van der Waals surface area (Å²) in [5, 5.41) is 2.22. The number of carbonyl (C=O) groups excluding carboxylic acids is 5. The van der Waals surface area contributed by atoms with Crippen LogP contribution in [0.15, 0.2) is 18.2 Å². The molecule has 1 unspecified atom stereocenters. The first-order chi connectivity index (χ1) is 20.4. The van der Waals surface area contributed by atoms with Gasteiger partial charge in [-0.1, -0.05) is 0 Å². The second-order valence-electron chi connectivity index (χ2n) is 14.0. The van der Waals surface area contributed by atoms with Crippen LogP contribution in [-0.2, 0) is 14.3 Å². The smallest absolute Gasteiger partial charge is 0.410 e. The van der Waals surface area contributed by atoms with Gasteiger partial charge in [-0.15, -0.1) is 0 Å². The molecule has 11 heteroatoms. The maximum Gasteiger partial charge on any atom is 0.410 e. The molecule has 3 saturated heterocycles. The van der Waals surface area contributed by atoms with Crippen molar-refractivity contribution in [2.24, 2.45) is 11.3 Å². The predicted octanol–water partition coefficient (Wildman–Crippen LogP) is 3.36. The van der Waals surface area contributed by atoms with Crippen molar-refractivity contribution in [2.75, 3.05) is 32.7 Å². The molecule has 0 aromatic heterocycles. The molecule has 4 heterocycles. The number of likely N-dealkylation sites (tertiary alicyclic amines) is 2. The van der Waals surface area contributed by atoms with Gasteiger partial charge in [0, 0.05) is 26.1 Å². The first-order valence-corrected chi connectivity index (χ1v) is 15.6. The van der Waals surface area contributed by atoms with Crippen LogP contribution in [0.25, 0.3) is 0 Å². The fraction of sp³-hybridized carbons (Fsp3) is 0.656. The molecule has 6 rings (SSSR count). The minimum atomic E-state index is -0.975. The highest BCUT2D eigenvalue weighted by atomic mass is 16.6. The topological polar surface area (TPSA) is 126 Å². The number of imide groups is 2. The third-order valence-electron chi connectivity index (χ3n) is 9.73. The van der Waals surface area contributed by atoms with Crippen molar-refractivity contribution in [3.05, 3.63) is 29.3 Å². The number of hydrogen-bond donors (Lipinski definition) is 1. The number of carbonyl (C=O) groups is 5. The van der Waals surface area contributed by atoms with Gasteiger partial charge < -0.3 is 19.3 Å². The number of hydrogen-bond acceptors (Lipinski definition) is 8. The van der Waals surface area contributed by atoms with Crippen LogP contribution in [0.5, 0.6) is 5.75 Å². The summed E-state index contributed by atoms with van der Waals surface area (Å²) < 4.78 is 11.8. The van der Waals surface area contributed by atoms with Crippen LogP contribution in [-0.4, -0.2) is 94.9 Å². The molecular formula is C32H42N4O7. The molecule has 1 aromatic rings. The summed E-state index contributed by atoms with van der Waals surface area (Å²) in [7, 11) is 0. The molecule has 1 atom stereocenters. The van der Waals surface area contributed by atoms with Gasteiger partial charge in [-0.3, -0.25) is 29.4 Å².